The molecule has 0 fully saturated rings. The van der Waals surface area contributed by atoms with E-state index in [4.69, 9.17) is 31.2 Å². The molecule has 1 aromatic heterocycles. The molecule has 0 saturated heterocycles. The molecule has 0 saturated carbocycles. The van der Waals surface area contributed by atoms with Gasteiger partial charge in [0, 0.05) is 28.5 Å². The zero-order valence-corrected chi connectivity index (χ0v) is 23.1. The number of allylic oxidation sites excluding steroid dienone is 2. The first-order valence-electron chi connectivity index (χ1n) is 12.5. The number of thioether (sulfide) groups is 1. The van der Waals surface area contributed by atoms with Crippen LogP contribution >= 0.6 is 23.4 Å². The van der Waals surface area contributed by atoms with Crippen molar-refractivity contribution in [1.29, 1.82) is 0 Å². The third-order valence-electron chi connectivity index (χ3n) is 6.59. The number of aromatic nitrogens is 3. The van der Waals surface area contributed by atoms with Crippen molar-refractivity contribution in [1.82, 2.24) is 14.8 Å². The quantitative estimate of drug-likeness (QED) is 0.320. The van der Waals surface area contributed by atoms with E-state index in [9.17, 15) is 4.79 Å². The van der Waals surface area contributed by atoms with Gasteiger partial charge in [-0.05, 0) is 47.6 Å². The number of nitrogens with zero attached hydrogens (tertiary/aromatic N) is 3. The minimum absolute atomic E-state index is 0.125. The summed E-state index contributed by atoms with van der Waals surface area (Å²) in [6, 6.07) is 13.2. The maximum atomic E-state index is 13.5. The molecule has 2 aromatic carbocycles. The van der Waals surface area contributed by atoms with Crippen molar-refractivity contribution in [2.45, 2.75) is 57.0 Å². The van der Waals surface area contributed by atoms with Gasteiger partial charge in [-0.15, -0.1) is 5.10 Å². The lowest BCUT2D eigenvalue weighted by molar-refractivity contribution is -0.118. The van der Waals surface area contributed by atoms with E-state index >= 15 is 0 Å². The smallest absolute Gasteiger partial charge is 0.227 e. The number of nitrogens with one attached hydrogen (secondary N) is 1. The molecule has 9 heteroatoms. The minimum Gasteiger partial charge on any atom is -0.493 e. The predicted molar refractivity (Wildman–Crippen MR) is 147 cm³/mol. The van der Waals surface area contributed by atoms with Crippen LogP contribution in [0.15, 0.2) is 58.9 Å². The highest BCUT2D eigenvalue weighted by Crippen LogP contribution is 2.46. The van der Waals surface area contributed by atoms with Gasteiger partial charge in [0.2, 0.25) is 11.1 Å². The van der Waals surface area contributed by atoms with Crippen LogP contribution in [0, 0.1) is 5.41 Å². The average Bonchev–Trinajstić information content (AvgIpc) is 3.27. The van der Waals surface area contributed by atoms with E-state index in [1.54, 1.807) is 7.11 Å². The SMILES string of the molecule is CCCOc1ccc(C2C3=C(CC(C)(C)CC3=O)Nc3nc(SCc4ccccc4Cl)nn32)cc1OC. The Morgan fingerprint density at radius 1 is 1.19 bits per heavy atom. The van der Waals surface area contributed by atoms with Crippen LogP contribution in [0.1, 0.15) is 57.2 Å². The number of fused-ring (bicyclic) bond motifs is 1. The van der Waals surface area contributed by atoms with Gasteiger partial charge < -0.3 is 14.8 Å². The maximum absolute atomic E-state index is 13.5. The molecule has 1 atom stereocenters. The Labute approximate surface area is 226 Å². The minimum atomic E-state index is -0.411. The summed E-state index contributed by atoms with van der Waals surface area (Å²) in [5, 5.41) is 9.62. The first-order valence-corrected chi connectivity index (χ1v) is 13.8. The van der Waals surface area contributed by atoms with E-state index in [1.807, 2.05) is 47.1 Å². The first-order chi connectivity index (χ1) is 17.8. The number of ketones is 1. The molecular weight excluding hydrogens is 508 g/mol. The molecule has 7 nitrogen and oxygen atoms in total. The van der Waals surface area contributed by atoms with Crippen molar-refractivity contribution >= 4 is 35.1 Å². The fourth-order valence-corrected chi connectivity index (χ4v) is 6.02. The molecule has 1 unspecified atom stereocenters. The summed E-state index contributed by atoms with van der Waals surface area (Å²) in [5.41, 5.74) is 3.44. The van der Waals surface area contributed by atoms with Gasteiger partial charge in [-0.2, -0.15) is 4.98 Å². The van der Waals surface area contributed by atoms with Gasteiger partial charge in [0.15, 0.2) is 17.3 Å². The van der Waals surface area contributed by atoms with Crippen LogP contribution in [-0.2, 0) is 10.5 Å². The number of benzene rings is 2. The van der Waals surface area contributed by atoms with Gasteiger partial charge in [-0.3, -0.25) is 4.79 Å². The number of halogens is 1. The van der Waals surface area contributed by atoms with Crippen molar-refractivity contribution in [2.24, 2.45) is 5.41 Å². The highest BCUT2D eigenvalue weighted by Gasteiger charge is 2.42. The van der Waals surface area contributed by atoms with Gasteiger partial charge in [0.25, 0.3) is 0 Å². The number of Topliss-reactive ketones (excluding diaryl/α,β-unsaturated/α-hetero) is 1. The normalized spacial score (nSPS) is 18.2. The number of hydrogen-bond acceptors (Lipinski definition) is 7. The second kappa shape index (κ2) is 10.4. The Balaban J connectivity index is 1.54. The molecular formula is C28H31ClN4O3S. The van der Waals surface area contributed by atoms with Crippen LogP contribution in [0.3, 0.4) is 0 Å². The molecule has 1 aliphatic carbocycles. The van der Waals surface area contributed by atoms with Crippen LogP contribution in [-0.4, -0.2) is 34.3 Å². The third-order valence-corrected chi connectivity index (χ3v) is 7.85. The predicted octanol–water partition coefficient (Wildman–Crippen LogP) is 6.68. The zero-order valence-electron chi connectivity index (χ0n) is 21.5. The Bertz CT molecular complexity index is 1370. The Hall–Kier alpha value is -2.97. The lowest BCUT2D eigenvalue weighted by atomic mass is 9.73. The van der Waals surface area contributed by atoms with Crippen LogP contribution in [0.5, 0.6) is 11.5 Å². The standard InChI is InChI=1S/C28H31ClN4O3S/c1-5-12-36-22-11-10-17(13-23(22)35-4)25-24-20(14-28(2,3)15-21(24)34)30-26-31-27(32-33(25)26)37-16-18-8-6-7-9-19(18)29/h6-11,13,25H,5,12,14-16H2,1-4H3,(H,30,31,32). The van der Waals surface area contributed by atoms with Gasteiger partial charge >= 0.3 is 0 Å². The zero-order chi connectivity index (χ0) is 26.2. The second-order valence-corrected chi connectivity index (χ2v) is 11.5. The van der Waals surface area contributed by atoms with E-state index in [0.717, 1.165) is 40.3 Å². The topological polar surface area (TPSA) is 78.3 Å². The number of methoxy groups -OCH3 is 1. The fourth-order valence-electron chi connectivity index (χ4n) is 4.90. The van der Waals surface area contributed by atoms with E-state index in [1.165, 1.54) is 11.8 Å². The highest BCUT2D eigenvalue weighted by molar-refractivity contribution is 7.98. The maximum Gasteiger partial charge on any atom is 0.227 e. The van der Waals surface area contributed by atoms with Crippen LogP contribution < -0.4 is 14.8 Å². The molecule has 0 amide bonds. The van der Waals surface area contributed by atoms with Crippen molar-refractivity contribution in [3.63, 3.8) is 0 Å². The number of carbonyl (C=O) groups is 1. The summed E-state index contributed by atoms with van der Waals surface area (Å²) in [6.07, 6.45) is 2.14. The lowest BCUT2D eigenvalue weighted by Crippen LogP contribution is -2.36. The number of anilines is 1. The van der Waals surface area contributed by atoms with E-state index < -0.39 is 6.04 Å². The van der Waals surface area contributed by atoms with Crippen LogP contribution in [0.25, 0.3) is 0 Å². The summed E-state index contributed by atoms with van der Waals surface area (Å²) in [5.74, 6) is 2.71. The number of hydrogen-bond donors (Lipinski definition) is 1. The van der Waals surface area contributed by atoms with Crippen molar-refractivity contribution in [3.05, 3.63) is 69.9 Å². The van der Waals surface area contributed by atoms with Crippen LogP contribution in [0.4, 0.5) is 5.95 Å². The van der Waals surface area contributed by atoms with Gasteiger partial charge in [0.1, 0.15) is 6.04 Å². The van der Waals surface area contributed by atoms with Crippen molar-refractivity contribution in [2.75, 3.05) is 19.0 Å². The van der Waals surface area contributed by atoms with Gasteiger partial charge in [-0.25, -0.2) is 4.68 Å². The molecule has 1 aliphatic heterocycles. The summed E-state index contributed by atoms with van der Waals surface area (Å²) < 4.78 is 13.3. The van der Waals surface area contributed by atoms with Gasteiger partial charge in [0.05, 0.1) is 13.7 Å². The second-order valence-electron chi connectivity index (χ2n) is 10.2. The highest BCUT2D eigenvalue weighted by atomic mass is 35.5. The molecule has 5 rings (SSSR count). The molecule has 0 radical (unpaired) electrons. The van der Waals surface area contributed by atoms with Crippen LogP contribution in [0.2, 0.25) is 5.02 Å². The summed E-state index contributed by atoms with van der Waals surface area (Å²) >= 11 is 7.87. The monoisotopic (exact) mass is 538 g/mol. The van der Waals surface area contributed by atoms with Crippen molar-refractivity contribution in [3.8, 4) is 11.5 Å². The lowest BCUT2D eigenvalue weighted by Gasteiger charge is -2.38. The Kier molecular flexibility index (Phi) is 7.23. The summed E-state index contributed by atoms with van der Waals surface area (Å²) in [6.45, 7) is 6.91. The Morgan fingerprint density at radius 3 is 2.76 bits per heavy atom. The van der Waals surface area contributed by atoms with E-state index in [2.05, 4.69) is 26.1 Å². The number of carbonyl (C=O) groups excluding carboxylic acids is 1. The van der Waals surface area contributed by atoms with E-state index in [-0.39, 0.29) is 11.2 Å². The van der Waals surface area contributed by atoms with Crippen molar-refractivity contribution < 1.29 is 14.3 Å². The van der Waals surface area contributed by atoms with E-state index in [0.29, 0.717) is 41.4 Å². The summed E-state index contributed by atoms with van der Waals surface area (Å²) in [7, 11) is 1.63. The summed E-state index contributed by atoms with van der Waals surface area (Å²) in [4.78, 5) is 18.3. The first kappa shape index (κ1) is 25.7. The number of ether oxygens (including phenoxy) is 2. The molecule has 3 aromatic rings. The van der Waals surface area contributed by atoms with Gasteiger partial charge in [-0.1, -0.05) is 68.4 Å². The third kappa shape index (κ3) is 5.22. The fraction of sp³-hybridized carbons (Fsp3) is 0.393. The molecule has 1 N–H and O–H groups in total. The largest absolute Gasteiger partial charge is 0.493 e. The molecule has 2 heterocycles. The Morgan fingerprint density at radius 2 is 2.00 bits per heavy atom. The molecule has 37 heavy (non-hydrogen) atoms. The molecule has 2 aliphatic rings. The number of rotatable bonds is 8. The molecule has 0 bridgehead atoms. The molecule has 0 spiro atoms. The molecule has 194 valence electrons. The average molecular weight is 539 g/mol.